The number of rotatable bonds is 0. The Labute approximate surface area is 125 Å². The molecule has 0 unspecified atom stereocenters. The molecular formula is C13H9BrO7. The van der Waals surface area contributed by atoms with Crippen LogP contribution < -0.4 is 0 Å². The summed E-state index contributed by atoms with van der Waals surface area (Å²) in [5.74, 6) is -4.10. The van der Waals surface area contributed by atoms with Crippen LogP contribution in [0.3, 0.4) is 0 Å². The zero-order chi connectivity index (χ0) is 15.6. The van der Waals surface area contributed by atoms with Crippen LogP contribution in [0.5, 0.6) is 34.5 Å². The molecule has 0 aliphatic rings. The van der Waals surface area contributed by atoms with E-state index in [4.69, 9.17) is 4.42 Å². The number of hydrogen-bond donors (Lipinski definition) is 6. The molecule has 0 bridgehead atoms. The van der Waals surface area contributed by atoms with E-state index in [0.29, 0.717) is 0 Å². The molecule has 0 radical (unpaired) electrons. The Hall–Kier alpha value is -2.48. The summed E-state index contributed by atoms with van der Waals surface area (Å²) in [5.41, 5.74) is -0.331. The van der Waals surface area contributed by atoms with Crippen molar-refractivity contribution in [2.24, 2.45) is 0 Å². The van der Waals surface area contributed by atoms with Gasteiger partial charge >= 0.3 is 0 Å². The number of benzene rings is 2. The van der Waals surface area contributed by atoms with E-state index in [1.165, 1.54) is 6.92 Å². The van der Waals surface area contributed by atoms with Crippen LogP contribution in [0.25, 0.3) is 21.9 Å². The van der Waals surface area contributed by atoms with Crippen molar-refractivity contribution in [3.63, 3.8) is 0 Å². The van der Waals surface area contributed by atoms with Gasteiger partial charge in [-0.3, -0.25) is 0 Å². The van der Waals surface area contributed by atoms with Gasteiger partial charge in [-0.05, 0) is 22.9 Å². The van der Waals surface area contributed by atoms with E-state index in [0.717, 1.165) is 0 Å². The Kier molecular flexibility index (Phi) is 2.58. The number of phenols is 6. The van der Waals surface area contributed by atoms with Crippen molar-refractivity contribution in [1.82, 2.24) is 0 Å². The van der Waals surface area contributed by atoms with Gasteiger partial charge in [0.15, 0.2) is 22.7 Å². The van der Waals surface area contributed by atoms with E-state index in [9.17, 15) is 30.6 Å². The van der Waals surface area contributed by atoms with Crippen molar-refractivity contribution < 1.29 is 35.1 Å². The maximum absolute atomic E-state index is 10.0. The highest BCUT2D eigenvalue weighted by Gasteiger charge is 2.28. The van der Waals surface area contributed by atoms with Crippen molar-refractivity contribution >= 4 is 37.9 Å². The van der Waals surface area contributed by atoms with E-state index < -0.39 is 23.0 Å². The first-order chi connectivity index (χ1) is 9.77. The lowest BCUT2D eigenvalue weighted by atomic mass is 10.1. The lowest BCUT2D eigenvalue weighted by Gasteiger charge is -2.07. The molecule has 0 saturated heterocycles. The molecule has 0 fully saturated rings. The molecule has 1 heterocycles. The second-order valence-corrected chi connectivity index (χ2v) is 5.33. The minimum absolute atomic E-state index is 0.0497. The largest absolute Gasteiger partial charge is 0.506 e. The Morgan fingerprint density at radius 3 is 1.81 bits per heavy atom. The first kappa shape index (κ1) is 13.5. The van der Waals surface area contributed by atoms with E-state index in [1.807, 2.05) is 0 Å². The Balaban J connectivity index is 2.73. The van der Waals surface area contributed by atoms with Gasteiger partial charge in [-0.25, -0.2) is 0 Å². The number of fused-ring (bicyclic) bond motifs is 3. The van der Waals surface area contributed by atoms with Crippen LogP contribution >= 0.6 is 15.9 Å². The monoisotopic (exact) mass is 356 g/mol. The molecule has 0 saturated carbocycles. The summed E-state index contributed by atoms with van der Waals surface area (Å²) in [7, 11) is 0. The molecule has 1 aromatic heterocycles. The highest BCUT2D eigenvalue weighted by atomic mass is 79.9. The van der Waals surface area contributed by atoms with Crippen LogP contribution in [-0.4, -0.2) is 30.6 Å². The van der Waals surface area contributed by atoms with Gasteiger partial charge in [0.1, 0.15) is 5.75 Å². The topological polar surface area (TPSA) is 135 Å². The van der Waals surface area contributed by atoms with Crippen molar-refractivity contribution in [2.75, 3.05) is 0 Å². The first-order valence-corrected chi connectivity index (χ1v) is 6.48. The maximum Gasteiger partial charge on any atom is 0.208 e. The summed E-state index contributed by atoms with van der Waals surface area (Å²) in [5, 5.41) is 58.7. The molecule has 110 valence electrons. The fourth-order valence-corrected chi connectivity index (χ4v) is 2.89. The summed E-state index contributed by atoms with van der Waals surface area (Å²) < 4.78 is 5.38. The molecule has 0 aliphatic carbocycles. The van der Waals surface area contributed by atoms with Crippen molar-refractivity contribution in [2.45, 2.75) is 6.92 Å². The Bertz CT molecular complexity index is 852. The SMILES string of the molecule is Cc1c(O)c(Br)c2c(oc3c(O)c(O)c(O)c(O)c32)c1O. The van der Waals surface area contributed by atoms with E-state index >= 15 is 0 Å². The van der Waals surface area contributed by atoms with Crippen LogP contribution in [0.1, 0.15) is 5.56 Å². The summed E-state index contributed by atoms with van der Waals surface area (Å²) in [6, 6.07) is 0. The molecular weight excluding hydrogens is 348 g/mol. The number of aromatic hydroxyl groups is 6. The average Bonchev–Trinajstić information content (AvgIpc) is 2.87. The van der Waals surface area contributed by atoms with Gasteiger partial charge in [0, 0.05) is 5.56 Å². The molecule has 21 heavy (non-hydrogen) atoms. The molecule has 0 spiro atoms. The molecule has 6 N–H and O–H groups in total. The zero-order valence-corrected chi connectivity index (χ0v) is 12.1. The third-order valence-electron chi connectivity index (χ3n) is 3.39. The van der Waals surface area contributed by atoms with Crippen molar-refractivity contribution in [3.8, 4) is 34.5 Å². The average molecular weight is 357 g/mol. The predicted octanol–water partition coefficient (Wildman–Crippen LogP) is 2.89. The van der Waals surface area contributed by atoms with Crippen LogP contribution in [0.15, 0.2) is 8.89 Å². The number of phenolic OH excluding ortho intramolecular Hbond substituents is 6. The lowest BCUT2D eigenvalue weighted by molar-refractivity contribution is 0.348. The highest BCUT2D eigenvalue weighted by molar-refractivity contribution is 9.10. The highest BCUT2D eigenvalue weighted by Crippen LogP contribution is 2.55. The maximum atomic E-state index is 10.0. The minimum Gasteiger partial charge on any atom is -0.506 e. The summed E-state index contributed by atoms with van der Waals surface area (Å²) in [6.45, 7) is 1.44. The minimum atomic E-state index is -0.949. The van der Waals surface area contributed by atoms with Gasteiger partial charge in [0.05, 0.1) is 15.2 Å². The molecule has 3 rings (SSSR count). The summed E-state index contributed by atoms with van der Waals surface area (Å²) in [4.78, 5) is 0. The van der Waals surface area contributed by atoms with Crippen LogP contribution in [-0.2, 0) is 0 Å². The summed E-state index contributed by atoms with van der Waals surface area (Å²) >= 11 is 3.11. The number of halogens is 1. The smallest absolute Gasteiger partial charge is 0.208 e. The molecule has 8 heteroatoms. The van der Waals surface area contributed by atoms with Gasteiger partial charge in [-0.2, -0.15) is 0 Å². The third-order valence-corrected chi connectivity index (χ3v) is 4.16. The summed E-state index contributed by atoms with van der Waals surface area (Å²) in [6.07, 6.45) is 0. The van der Waals surface area contributed by atoms with Gasteiger partial charge < -0.3 is 35.1 Å². The number of hydrogen-bond acceptors (Lipinski definition) is 7. The second-order valence-electron chi connectivity index (χ2n) is 4.54. The van der Waals surface area contributed by atoms with Gasteiger partial charge in [0.2, 0.25) is 17.2 Å². The van der Waals surface area contributed by atoms with E-state index in [2.05, 4.69) is 15.9 Å². The van der Waals surface area contributed by atoms with Crippen LogP contribution in [0.4, 0.5) is 0 Å². The normalized spacial score (nSPS) is 11.5. The van der Waals surface area contributed by atoms with Gasteiger partial charge in [-0.15, -0.1) is 0 Å². The second kappa shape index (κ2) is 4.01. The molecule has 0 aliphatic heterocycles. The van der Waals surface area contributed by atoms with Crippen LogP contribution in [0.2, 0.25) is 0 Å². The van der Waals surface area contributed by atoms with Crippen LogP contribution in [0, 0.1) is 6.92 Å². The third kappa shape index (κ3) is 1.47. The molecule has 3 aromatic rings. The standard InChI is InChI=1S/C13H9BrO7/c1-2-6(15)5(14)3-4-8(17)9(18)10(19)11(20)13(4)21-12(3)7(2)16/h15-20H,1H3. The zero-order valence-electron chi connectivity index (χ0n) is 10.5. The Morgan fingerprint density at radius 2 is 1.19 bits per heavy atom. The van der Waals surface area contributed by atoms with Crippen molar-refractivity contribution in [1.29, 1.82) is 0 Å². The fraction of sp³-hybridized carbons (Fsp3) is 0.0769. The van der Waals surface area contributed by atoms with E-state index in [-0.39, 0.29) is 43.5 Å². The fourth-order valence-electron chi connectivity index (χ4n) is 2.22. The molecule has 2 aromatic carbocycles. The number of furan rings is 1. The molecule has 0 amide bonds. The van der Waals surface area contributed by atoms with Gasteiger partial charge in [0.25, 0.3) is 0 Å². The molecule has 0 atom stereocenters. The molecule has 7 nitrogen and oxygen atoms in total. The van der Waals surface area contributed by atoms with E-state index in [1.54, 1.807) is 0 Å². The lowest BCUT2D eigenvalue weighted by Crippen LogP contribution is -1.81. The predicted molar refractivity (Wildman–Crippen MR) is 76.1 cm³/mol. The first-order valence-electron chi connectivity index (χ1n) is 5.69. The Morgan fingerprint density at radius 1 is 0.667 bits per heavy atom. The quantitative estimate of drug-likeness (QED) is 0.269. The van der Waals surface area contributed by atoms with Gasteiger partial charge in [-0.1, -0.05) is 0 Å². The van der Waals surface area contributed by atoms with Crippen molar-refractivity contribution in [3.05, 3.63) is 10.0 Å².